The number of nitrogens with zero attached hydrogens (tertiary/aromatic N) is 2. The summed E-state index contributed by atoms with van der Waals surface area (Å²) in [7, 11) is 0. The van der Waals surface area contributed by atoms with Crippen LogP contribution in [-0.2, 0) is 0 Å². The first-order valence-corrected chi connectivity index (χ1v) is 5.09. The lowest BCUT2D eigenvalue weighted by molar-refractivity contribution is 0.450. The molecule has 0 atom stereocenters. The van der Waals surface area contributed by atoms with Crippen LogP contribution < -0.4 is 4.74 Å². The molecule has 1 aromatic carbocycles. The molecule has 0 saturated heterocycles. The molecule has 0 aliphatic heterocycles. The van der Waals surface area contributed by atoms with Gasteiger partial charge in [0.25, 0.3) is 0 Å². The summed E-state index contributed by atoms with van der Waals surface area (Å²) >= 11 is 0. The lowest BCUT2D eigenvalue weighted by atomic mass is 10.2. The molecular weight excluding hydrogens is 238 g/mol. The van der Waals surface area contributed by atoms with Crippen molar-refractivity contribution >= 4 is 0 Å². The van der Waals surface area contributed by atoms with E-state index in [9.17, 15) is 8.78 Å². The van der Waals surface area contributed by atoms with Gasteiger partial charge in [0.05, 0.1) is 11.6 Å². The first-order chi connectivity index (χ1) is 8.56. The molecule has 0 N–H and O–H groups in total. The molecule has 90 valence electrons. The third kappa shape index (κ3) is 2.80. The van der Waals surface area contributed by atoms with Crippen LogP contribution in [0, 0.1) is 29.9 Å². The van der Waals surface area contributed by atoms with Crippen molar-refractivity contribution in [3.8, 4) is 17.7 Å². The summed E-state index contributed by atoms with van der Waals surface area (Å²) in [6.45, 7) is 1.69. The number of hydrogen-bond donors (Lipinski definition) is 0. The van der Waals surface area contributed by atoms with E-state index in [1.807, 2.05) is 6.07 Å². The topological polar surface area (TPSA) is 45.9 Å². The van der Waals surface area contributed by atoms with Crippen LogP contribution in [0.15, 0.2) is 30.3 Å². The van der Waals surface area contributed by atoms with Crippen LogP contribution >= 0.6 is 0 Å². The maximum absolute atomic E-state index is 13.0. The Kier molecular flexibility index (Phi) is 3.20. The molecule has 18 heavy (non-hydrogen) atoms. The molecule has 3 nitrogen and oxygen atoms in total. The van der Waals surface area contributed by atoms with Gasteiger partial charge in [-0.05, 0) is 13.0 Å². The van der Waals surface area contributed by atoms with Crippen molar-refractivity contribution < 1.29 is 13.5 Å². The summed E-state index contributed by atoms with van der Waals surface area (Å²) in [4.78, 5) is 4.02. The van der Waals surface area contributed by atoms with Gasteiger partial charge in [0, 0.05) is 30.0 Å². The second-order valence-electron chi connectivity index (χ2n) is 3.65. The molecule has 0 amide bonds. The Hall–Kier alpha value is -2.48. The Morgan fingerprint density at radius 2 is 1.78 bits per heavy atom. The highest BCUT2D eigenvalue weighted by atomic mass is 19.1. The van der Waals surface area contributed by atoms with E-state index in [1.54, 1.807) is 13.0 Å². The summed E-state index contributed by atoms with van der Waals surface area (Å²) < 4.78 is 31.1. The Balaban J connectivity index is 2.34. The first kappa shape index (κ1) is 12.0. The Morgan fingerprint density at radius 3 is 2.39 bits per heavy atom. The average molecular weight is 246 g/mol. The second-order valence-corrected chi connectivity index (χ2v) is 3.65. The van der Waals surface area contributed by atoms with Crippen LogP contribution in [0.2, 0.25) is 0 Å². The number of nitriles is 1. The van der Waals surface area contributed by atoms with E-state index in [0.717, 1.165) is 18.2 Å². The molecule has 0 radical (unpaired) electrons. The fourth-order valence-corrected chi connectivity index (χ4v) is 1.46. The molecule has 0 fully saturated rings. The number of aryl methyl sites for hydroxylation is 1. The van der Waals surface area contributed by atoms with Crippen LogP contribution in [0.25, 0.3) is 0 Å². The Labute approximate surface area is 102 Å². The van der Waals surface area contributed by atoms with E-state index < -0.39 is 11.6 Å². The van der Waals surface area contributed by atoms with Crippen molar-refractivity contribution in [2.24, 2.45) is 0 Å². The van der Waals surface area contributed by atoms with Gasteiger partial charge in [0.1, 0.15) is 17.4 Å². The largest absolute Gasteiger partial charge is 0.439 e. The van der Waals surface area contributed by atoms with Crippen LogP contribution in [-0.4, -0.2) is 4.98 Å². The van der Waals surface area contributed by atoms with Gasteiger partial charge in [0.15, 0.2) is 0 Å². The molecule has 0 unspecified atom stereocenters. The standard InChI is InChI=1S/C13H8F2N2O/c1-8-2-9(7-16)3-13(17-8)18-12-5-10(14)4-11(15)6-12/h2-6H,1H3. The lowest BCUT2D eigenvalue weighted by Gasteiger charge is -2.06. The maximum Gasteiger partial charge on any atom is 0.220 e. The number of halogens is 2. The van der Waals surface area contributed by atoms with Gasteiger partial charge < -0.3 is 4.74 Å². The van der Waals surface area contributed by atoms with E-state index >= 15 is 0 Å². The molecule has 0 aliphatic carbocycles. The molecule has 2 aromatic rings. The van der Waals surface area contributed by atoms with Gasteiger partial charge in [-0.2, -0.15) is 5.26 Å². The summed E-state index contributed by atoms with van der Waals surface area (Å²) in [5.74, 6) is -1.36. The normalized spacial score (nSPS) is 9.89. The van der Waals surface area contributed by atoms with Gasteiger partial charge in [0.2, 0.25) is 5.88 Å². The fraction of sp³-hybridized carbons (Fsp3) is 0.0769. The third-order valence-corrected chi connectivity index (χ3v) is 2.12. The molecule has 0 spiro atoms. The SMILES string of the molecule is Cc1cc(C#N)cc(Oc2cc(F)cc(F)c2)n1. The van der Waals surface area contributed by atoms with Crippen molar-refractivity contribution in [3.05, 3.63) is 53.2 Å². The number of aromatic nitrogens is 1. The van der Waals surface area contributed by atoms with E-state index in [4.69, 9.17) is 10.00 Å². The maximum atomic E-state index is 13.0. The third-order valence-electron chi connectivity index (χ3n) is 2.12. The van der Waals surface area contributed by atoms with E-state index in [2.05, 4.69) is 4.98 Å². The highest BCUT2D eigenvalue weighted by Crippen LogP contribution is 2.22. The first-order valence-electron chi connectivity index (χ1n) is 5.09. The molecule has 0 aliphatic rings. The number of pyridine rings is 1. The lowest BCUT2D eigenvalue weighted by Crippen LogP contribution is -1.93. The molecule has 0 bridgehead atoms. The van der Waals surface area contributed by atoms with Crippen molar-refractivity contribution in [2.75, 3.05) is 0 Å². The minimum absolute atomic E-state index is 0.00510. The summed E-state index contributed by atoms with van der Waals surface area (Å²) in [6.07, 6.45) is 0. The van der Waals surface area contributed by atoms with Crippen molar-refractivity contribution in [1.29, 1.82) is 5.26 Å². The number of benzene rings is 1. The van der Waals surface area contributed by atoms with Crippen LogP contribution in [0.5, 0.6) is 11.6 Å². The number of rotatable bonds is 2. The van der Waals surface area contributed by atoms with Crippen LogP contribution in [0.4, 0.5) is 8.78 Å². The highest BCUT2D eigenvalue weighted by molar-refractivity contribution is 5.36. The molecule has 1 aromatic heterocycles. The number of ether oxygens (including phenoxy) is 1. The molecule has 5 heteroatoms. The monoisotopic (exact) mass is 246 g/mol. The summed E-state index contributed by atoms with van der Waals surface area (Å²) in [6, 6.07) is 7.76. The van der Waals surface area contributed by atoms with Gasteiger partial charge >= 0.3 is 0 Å². The zero-order chi connectivity index (χ0) is 13.1. The second kappa shape index (κ2) is 4.80. The van der Waals surface area contributed by atoms with Gasteiger partial charge in [-0.3, -0.25) is 0 Å². The minimum atomic E-state index is -0.738. The number of hydrogen-bond acceptors (Lipinski definition) is 3. The van der Waals surface area contributed by atoms with Crippen molar-refractivity contribution in [3.63, 3.8) is 0 Å². The predicted molar refractivity (Wildman–Crippen MR) is 60.1 cm³/mol. The summed E-state index contributed by atoms with van der Waals surface area (Å²) in [5, 5.41) is 8.79. The average Bonchev–Trinajstić information content (AvgIpc) is 2.26. The Bertz CT molecular complexity index is 615. The molecule has 2 rings (SSSR count). The zero-order valence-electron chi connectivity index (χ0n) is 9.45. The highest BCUT2D eigenvalue weighted by Gasteiger charge is 2.05. The van der Waals surface area contributed by atoms with Gasteiger partial charge in [-0.1, -0.05) is 0 Å². The molecular formula is C13H8F2N2O. The molecule has 1 heterocycles. The fourth-order valence-electron chi connectivity index (χ4n) is 1.46. The van der Waals surface area contributed by atoms with Crippen LogP contribution in [0.1, 0.15) is 11.3 Å². The van der Waals surface area contributed by atoms with E-state index in [-0.39, 0.29) is 11.6 Å². The van der Waals surface area contributed by atoms with E-state index in [0.29, 0.717) is 11.3 Å². The molecule has 0 saturated carbocycles. The quantitative estimate of drug-likeness (QED) is 0.816. The van der Waals surface area contributed by atoms with Gasteiger partial charge in [-0.15, -0.1) is 0 Å². The smallest absolute Gasteiger partial charge is 0.220 e. The van der Waals surface area contributed by atoms with Crippen molar-refractivity contribution in [1.82, 2.24) is 4.98 Å². The minimum Gasteiger partial charge on any atom is -0.439 e. The summed E-state index contributed by atoms with van der Waals surface area (Å²) in [5.41, 5.74) is 0.954. The van der Waals surface area contributed by atoms with Crippen LogP contribution in [0.3, 0.4) is 0 Å². The zero-order valence-corrected chi connectivity index (χ0v) is 9.45. The predicted octanol–water partition coefficient (Wildman–Crippen LogP) is 3.33. The Morgan fingerprint density at radius 1 is 1.11 bits per heavy atom. The van der Waals surface area contributed by atoms with Gasteiger partial charge in [-0.25, -0.2) is 13.8 Å². The van der Waals surface area contributed by atoms with Crippen molar-refractivity contribution in [2.45, 2.75) is 6.92 Å². The van der Waals surface area contributed by atoms with E-state index in [1.165, 1.54) is 6.07 Å².